The maximum Gasteiger partial charge on any atom is 0.270 e. The van der Waals surface area contributed by atoms with Crippen molar-refractivity contribution in [1.82, 2.24) is 10.2 Å². The molecule has 0 radical (unpaired) electrons. The van der Waals surface area contributed by atoms with Gasteiger partial charge in [0.15, 0.2) is 11.5 Å². The molecule has 0 fully saturated rings. The van der Waals surface area contributed by atoms with Crippen molar-refractivity contribution in [2.75, 3.05) is 14.2 Å². The van der Waals surface area contributed by atoms with Crippen LogP contribution in [-0.4, -0.2) is 24.4 Å². The second kappa shape index (κ2) is 5.90. The molecule has 0 spiro atoms. The van der Waals surface area contributed by atoms with Crippen molar-refractivity contribution in [2.24, 2.45) is 0 Å². The molecule has 0 atom stereocenters. The molecule has 0 saturated heterocycles. The van der Waals surface area contributed by atoms with E-state index in [9.17, 15) is 9.59 Å². The Bertz CT molecular complexity index is 586. The van der Waals surface area contributed by atoms with Gasteiger partial charge in [0.25, 0.3) is 11.1 Å². The van der Waals surface area contributed by atoms with E-state index in [1.807, 2.05) is 13.8 Å². The summed E-state index contributed by atoms with van der Waals surface area (Å²) in [6.07, 6.45) is 0. The summed E-state index contributed by atoms with van der Waals surface area (Å²) in [5, 5.41) is 5.01. The Hall–Kier alpha value is -2.24. The van der Waals surface area contributed by atoms with Crippen molar-refractivity contribution in [1.29, 1.82) is 0 Å². The summed E-state index contributed by atoms with van der Waals surface area (Å²) in [5.74, 6) is 0.817. The lowest BCUT2D eigenvalue weighted by Crippen LogP contribution is -2.19. The molecule has 0 saturated carbocycles. The second-order valence-corrected chi connectivity index (χ2v) is 3.16. The van der Waals surface area contributed by atoms with Crippen LogP contribution in [-0.2, 0) is 0 Å². The number of hydrogen-bond donors (Lipinski definition) is 2. The Morgan fingerprint density at radius 2 is 1.17 bits per heavy atom. The van der Waals surface area contributed by atoms with Gasteiger partial charge in [0.1, 0.15) is 0 Å². The highest BCUT2D eigenvalue weighted by Crippen LogP contribution is 2.29. The molecule has 0 amide bonds. The third-order valence-electron chi connectivity index (χ3n) is 2.30. The number of hydrogen-bond acceptors (Lipinski definition) is 4. The summed E-state index contributed by atoms with van der Waals surface area (Å²) >= 11 is 0. The molecule has 6 heteroatoms. The summed E-state index contributed by atoms with van der Waals surface area (Å²) < 4.78 is 10.1. The zero-order valence-electron chi connectivity index (χ0n) is 10.8. The minimum Gasteiger partial charge on any atom is -0.493 e. The molecule has 6 nitrogen and oxygen atoms in total. The predicted octanol–water partition coefficient (Wildman–Crippen LogP) is 1.26. The van der Waals surface area contributed by atoms with Crippen LogP contribution in [0.1, 0.15) is 13.8 Å². The molecule has 2 N–H and O–H groups in total. The van der Waals surface area contributed by atoms with Crippen LogP contribution in [0.25, 0.3) is 10.8 Å². The van der Waals surface area contributed by atoms with Crippen LogP contribution in [0, 0.1) is 0 Å². The number of fused-ring (bicyclic) bond motifs is 1. The van der Waals surface area contributed by atoms with Crippen LogP contribution < -0.4 is 20.6 Å². The van der Waals surface area contributed by atoms with Gasteiger partial charge >= 0.3 is 0 Å². The van der Waals surface area contributed by atoms with Gasteiger partial charge in [-0.2, -0.15) is 0 Å². The number of aromatic amines is 2. The van der Waals surface area contributed by atoms with Crippen molar-refractivity contribution >= 4 is 10.8 Å². The summed E-state index contributed by atoms with van der Waals surface area (Å²) in [6, 6.07) is 2.95. The first-order valence-electron chi connectivity index (χ1n) is 5.54. The largest absolute Gasteiger partial charge is 0.493 e. The molecular formula is C12H16N2O4. The molecule has 98 valence electrons. The van der Waals surface area contributed by atoms with Gasteiger partial charge in [0, 0.05) is 0 Å². The highest BCUT2D eigenvalue weighted by molar-refractivity contribution is 5.84. The Labute approximate surface area is 104 Å². The molecule has 1 heterocycles. The lowest BCUT2D eigenvalue weighted by Gasteiger charge is -2.07. The van der Waals surface area contributed by atoms with Gasteiger partial charge in [-0.3, -0.25) is 19.8 Å². The van der Waals surface area contributed by atoms with Gasteiger partial charge in [-0.25, -0.2) is 0 Å². The number of H-pyrrole nitrogens is 2. The maximum absolute atomic E-state index is 11.5. The van der Waals surface area contributed by atoms with E-state index in [0.717, 1.165) is 0 Å². The van der Waals surface area contributed by atoms with Crippen molar-refractivity contribution in [2.45, 2.75) is 13.8 Å². The topological polar surface area (TPSA) is 84.2 Å². The molecule has 2 aromatic rings. The number of methoxy groups -OCH3 is 2. The first kappa shape index (κ1) is 13.8. The monoisotopic (exact) mass is 252 g/mol. The zero-order valence-corrected chi connectivity index (χ0v) is 10.8. The average Bonchev–Trinajstić information content (AvgIpc) is 2.44. The molecule has 18 heavy (non-hydrogen) atoms. The van der Waals surface area contributed by atoms with Crippen LogP contribution >= 0.6 is 0 Å². The molecule has 1 aromatic carbocycles. The fourth-order valence-corrected chi connectivity index (χ4v) is 1.50. The molecule has 0 aliphatic carbocycles. The summed E-state index contributed by atoms with van der Waals surface area (Å²) in [4.78, 5) is 23.0. The highest BCUT2D eigenvalue weighted by Gasteiger charge is 2.10. The van der Waals surface area contributed by atoms with Crippen molar-refractivity contribution in [3.8, 4) is 11.5 Å². The lowest BCUT2D eigenvalue weighted by molar-refractivity contribution is 0.356. The van der Waals surface area contributed by atoms with Crippen LogP contribution in [0.4, 0.5) is 0 Å². The van der Waals surface area contributed by atoms with Gasteiger partial charge < -0.3 is 9.47 Å². The van der Waals surface area contributed by atoms with Crippen LogP contribution in [0.2, 0.25) is 0 Å². The highest BCUT2D eigenvalue weighted by atomic mass is 16.5. The zero-order chi connectivity index (χ0) is 13.7. The quantitative estimate of drug-likeness (QED) is 0.842. The molecule has 0 bridgehead atoms. The minimum absolute atomic E-state index is 0.265. The second-order valence-electron chi connectivity index (χ2n) is 3.16. The van der Waals surface area contributed by atoms with Crippen LogP contribution in [0.15, 0.2) is 21.7 Å². The van der Waals surface area contributed by atoms with Gasteiger partial charge in [0.05, 0.1) is 25.0 Å². The Balaban J connectivity index is 0.000000771. The average molecular weight is 252 g/mol. The minimum atomic E-state index is -0.379. The number of aromatic nitrogens is 2. The first-order valence-corrected chi connectivity index (χ1v) is 5.54. The van der Waals surface area contributed by atoms with E-state index in [2.05, 4.69) is 10.2 Å². The number of benzene rings is 1. The first-order chi connectivity index (χ1) is 8.67. The number of ether oxygens (including phenoxy) is 2. The maximum atomic E-state index is 11.5. The molecule has 0 unspecified atom stereocenters. The van der Waals surface area contributed by atoms with E-state index < -0.39 is 0 Å². The van der Waals surface area contributed by atoms with E-state index in [-0.39, 0.29) is 21.9 Å². The number of nitrogens with one attached hydrogen (secondary N) is 2. The lowest BCUT2D eigenvalue weighted by atomic mass is 10.2. The van der Waals surface area contributed by atoms with E-state index in [1.54, 1.807) is 0 Å². The van der Waals surface area contributed by atoms with E-state index in [4.69, 9.17) is 9.47 Å². The van der Waals surface area contributed by atoms with Gasteiger partial charge in [-0.05, 0) is 12.1 Å². The third-order valence-corrected chi connectivity index (χ3v) is 2.30. The molecule has 0 aliphatic rings. The van der Waals surface area contributed by atoms with Crippen molar-refractivity contribution in [3.05, 3.63) is 32.8 Å². The van der Waals surface area contributed by atoms with E-state index >= 15 is 0 Å². The van der Waals surface area contributed by atoms with Crippen LogP contribution in [0.5, 0.6) is 11.5 Å². The molecule has 1 aromatic heterocycles. The fourth-order valence-electron chi connectivity index (χ4n) is 1.50. The Morgan fingerprint density at radius 1 is 0.833 bits per heavy atom. The molecular weight excluding hydrogens is 236 g/mol. The van der Waals surface area contributed by atoms with Gasteiger partial charge in [-0.15, -0.1) is 0 Å². The Kier molecular flexibility index (Phi) is 4.53. The molecule has 0 aliphatic heterocycles. The summed E-state index contributed by atoms with van der Waals surface area (Å²) in [6.45, 7) is 4.00. The smallest absolute Gasteiger partial charge is 0.270 e. The fraction of sp³-hybridized carbons (Fsp3) is 0.333. The van der Waals surface area contributed by atoms with Gasteiger partial charge in [0.2, 0.25) is 0 Å². The standard InChI is InChI=1S/C10H10N2O4.C2H6/c1-15-7-3-5-6(4-8(7)16-2)10(14)12-11-9(5)13;1-2/h3-4H,1-2H3,(H,11,13)(H,12,14);1-2H3. The van der Waals surface area contributed by atoms with Crippen molar-refractivity contribution < 1.29 is 9.47 Å². The van der Waals surface area contributed by atoms with Crippen molar-refractivity contribution in [3.63, 3.8) is 0 Å². The van der Waals surface area contributed by atoms with E-state index in [1.165, 1.54) is 26.4 Å². The predicted molar refractivity (Wildman–Crippen MR) is 69.6 cm³/mol. The van der Waals surface area contributed by atoms with Crippen LogP contribution in [0.3, 0.4) is 0 Å². The van der Waals surface area contributed by atoms with E-state index in [0.29, 0.717) is 11.5 Å². The summed E-state index contributed by atoms with van der Waals surface area (Å²) in [7, 11) is 2.93. The molecule has 2 rings (SSSR count). The number of rotatable bonds is 2. The Morgan fingerprint density at radius 3 is 1.44 bits per heavy atom. The summed E-state index contributed by atoms with van der Waals surface area (Å²) in [5.41, 5.74) is -0.758. The SMILES string of the molecule is CC.COc1cc2c(=O)[nH][nH]c(=O)c2cc1OC. The van der Waals surface area contributed by atoms with Gasteiger partial charge in [-0.1, -0.05) is 13.8 Å². The third kappa shape index (κ3) is 2.37. The normalized spacial score (nSPS) is 9.56.